The molecule has 2 N–H and O–H groups in total. The van der Waals surface area contributed by atoms with Gasteiger partial charge in [0.15, 0.2) is 0 Å². The van der Waals surface area contributed by atoms with Gasteiger partial charge in [0.05, 0.1) is 5.92 Å². The van der Waals surface area contributed by atoms with Gasteiger partial charge in [-0.1, -0.05) is 72.4 Å². The highest BCUT2D eigenvalue weighted by Gasteiger charge is 2.18. The molecule has 0 saturated carbocycles. The highest BCUT2D eigenvalue weighted by molar-refractivity contribution is 7.18. The Bertz CT molecular complexity index is 972. The maximum atomic E-state index is 12.4. The summed E-state index contributed by atoms with van der Waals surface area (Å²) in [6.45, 7) is 4.27. The minimum atomic E-state index is -0.209. The fourth-order valence-electron chi connectivity index (χ4n) is 3.03. The number of hydrogen-bond acceptors (Lipinski definition) is 5. The van der Waals surface area contributed by atoms with Crippen molar-refractivity contribution >= 4 is 28.3 Å². The Morgan fingerprint density at radius 1 is 1.07 bits per heavy atom. The van der Waals surface area contributed by atoms with Crippen LogP contribution in [0.5, 0.6) is 0 Å². The summed E-state index contributed by atoms with van der Waals surface area (Å²) >= 11 is 1.33. The van der Waals surface area contributed by atoms with E-state index in [2.05, 4.69) is 20.8 Å². The van der Waals surface area contributed by atoms with Crippen molar-refractivity contribution in [3.63, 3.8) is 0 Å². The number of hydrogen-bond donors (Lipinski definition) is 2. The zero-order valence-corrected chi connectivity index (χ0v) is 17.3. The summed E-state index contributed by atoms with van der Waals surface area (Å²) in [6, 6.07) is 17.6. The van der Waals surface area contributed by atoms with Gasteiger partial charge >= 0.3 is 0 Å². The smallest absolute Gasteiger partial charge is 0.227 e. The molecule has 1 atom stereocenters. The molecular weight excluding hydrogens is 384 g/mol. The summed E-state index contributed by atoms with van der Waals surface area (Å²) in [5.74, 6) is -0.478. The van der Waals surface area contributed by atoms with Crippen LogP contribution in [0.15, 0.2) is 54.6 Å². The second-order valence-electron chi connectivity index (χ2n) is 6.74. The summed E-state index contributed by atoms with van der Waals surface area (Å²) in [6.07, 6.45) is 0.880. The topological polar surface area (TPSA) is 84.0 Å². The van der Waals surface area contributed by atoms with Gasteiger partial charge in [0, 0.05) is 18.5 Å². The first-order valence-corrected chi connectivity index (χ1v) is 10.4. The Hall–Kier alpha value is -3.06. The van der Waals surface area contributed by atoms with E-state index in [1.165, 1.54) is 11.3 Å². The maximum absolute atomic E-state index is 12.4. The van der Waals surface area contributed by atoms with Crippen LogP contribution in [0.1, 0.15) is 36.8 Å². The Morgan fingerprint density at radius 3 is 2.59 bits per heavy atom. The van der Waals surface area contributed by atoms with E-state index >= 15 is 0 Å². The first-order chi connectivity index (χ1) is 14.1. The molecule has 3 aromatic rings. The van der Waals surface area contributed by atoms with Crippen molar-refractivity contribution in [3.8, 4) is 10.6 Å². The van der Waals surface area contributed by atoms with E-state index < -0.39 is 0 Å². The summed E-state index contributed by atoms with van der Waals surface area (Å²) in [5, 5.41) is 15.0. The number of rotatable bonds is 8. The molecule has 1 heterocycles. The molecule has 0 fully saturated rings. The third kappa shape index (κ3) is 5.71. The average Bonchev–Trinajstić information content (AvgIpc) is 3.18. The van der Waals surface area contributed by atoms with Crippen LogP contribution in [0.2, 0.25) is 0 Å². The van der Waals surface area contributed by atoms with Crippen molar-refractivity contribution in [1.82, 2.24) is 15.5 Å². The molecule has 6 nitrogen and oxygen atoms in total. The van der Waals surface area contributed by atoms with Crippen LogP contribution in [0, 0.1) is 6.92 Å². The fourth-order valence-corrected chi connectivity index (χ4v) is 3.79. The van der Waals surface area contributed by atoms with Crippen LogP contribution in [-0.2, 0) is 9.59 Å². The van der Waals surface area contributed by atoms with E-state index in [1.807, 2.05) is 68.4 Å². The van der Waals surface area contributed by atoms with E-state index in [4.69, 9.17) is 0 Å². The molecule has 3 rings (SSSR count). The van der Waals surface area contributed by atoms with Crippen LogP contribution >= 0.6 is 11.3 Å². The third-order valence-corrected chi connectivity index (χ3v) is 5.40. The number of carbonyl (C=O) groups excluding carboxylic acids is 2. The Morgan fingerprint density at radius 2 is 1.86 bits per heavy atom. The fraction of sp³-hybridized carbons (Fsp3) is 0.273. The lowest BCUT2D eigenvalue weighted by molar-refractivity contribution is -0.122. The Balaban J connectivity index is 1.48. The van der Waals surface area contributed by atoms with Gasteiger partial charge in [-0.05, 0) is 25.0 Å². The Kier molecular flexibility index (Phi) is 7.08. The normalized spacial score (nSPS) is 11.7. The van der Waals surface area contributed by atoms with Crippen molar-refractivity contribution in [3.05, 3.63) is 65.7 Å². The zero-order valence-electron chi connectivity index (χ0n) is 16.5. The second-order valence-corrected chi connectivity index (χ2v) is 7.72. The number of aryl methyl sites for hydroxylation is 1. The van der Waals surface area contributed by atoms with E-state index in [-0.39, 0.29) is 30.7 Å². The molecule has 2 amide bonds. The van der Waals surface area contributed by atoms with Crippen molar-refractivity contribution in [2.45, 2.75) is 32.6 Å². The molecule has 0 radical (unpaired) electrons. The molecule has 0 spiro atoms. The number of nitrogens with zero attached hydrogens (tertiary/aromatic N) is 2. The van der Waals surface area contributed by atoms with Gasteiger partial charge in [-0.3, -0.25) is 9.59 Å². The first-order valence-electron chi connectivity index (χ1n) is 9.60. The highest BCUT2D eigenvalue weighted by Crippen LogP contribution is 2.26. The molecule has 0 aliphatic heterocycles. The summed E-state index contributed by atoms with van der Waals surface area (Å²) in [7, 11) is 0. The minimum Gasteiger partial charge on any atom is -0.355 e. The first kappa shape index (κ1) is 20.7. The number of anilines is 1. The molecule has 0 saturated heterocycles. The van der Waals surface area contributed by atoms with E-state index in [0.29, 0.717) is 11.6 Å². The quantitative estimate of drug-likeness (QED) is 0.586. The molecule has 0 bridgehead atoms. The molecule has 1 aromatic heterocycles. The molecule has 150 valence electrons. The lowest BCUT2D eigenvalue weighted by atomic mass is 9.96. The maximum Gasteiger partial charge on any atom is 0.227 e. The van der Waals surface area contributed by atoms with Gasteiger partial charge in [-0.15, -0.1) is 10.2 Å². The Labute approximate surface area is 174 Å². The van der Waals surface area contributed by atoms with Crippen LogP contribution in [0.4, 0.5) is 5.13 Å². The average molecular weight is 409 g/mol. The number of aromatic nitrogens is 2. The molecule has 0 aliphatic carbocycles. The molecular formula is C22H24N4O2S. The predicted octanol–water partition coefficient (Wildman–Crippen LogP) is 4.15. The SMILES string of the molecule is CC[C@H](C(=O)NCCC(=O)Nc1nnc(-c2cccc(C)c2)s1)c1ccccc1. The number of amides is 2. The number of benzene rings is 2. The number of carbonyl (C=O) groups is 2. The largest absolute Gasteiger partial charge is 0.355 e. The van der Waals surface area contributed by atoms with Gasteiger partial charge in [-0.25, -0.2) is 0 Å². The van der Waals surface area contributed by atoms with Crippen LogP contribution in [0.3, 0.4) is 0 Å². The van der Waals surface area contributed by atoms with Crippen molar-refractivity contribution in [2.24, 2.45) is 0 Å². The summed E-state index contributed by atoms with van der Waals surface area (Å²) < 4.78 is 0. The van der Waals surface area contributed by atoms with E-state index in [0.717, 1.165) is 21.7 Å². The lowest BCUT2D eigenvalue weighted by Gasteiger charge is -2.15. The molecule has 2 aromatic carbocycles. The van der Waals surface area contributed by atoms with Gasteiger partial charge < -0.3 is 10.6 Å². The summed E-state index contributed by atoms with van der Waals surface area (Å²) in [5.41, 5.74) is 3.09. The predicted molar refractivity (Wildman–Crippen MR) is 116 cm³/mol. The van der Waals surface area contributed by atoms with Crippen molar-refractivity contribution in [2.75, 3.05) is 11.9 Å². The number of nitrogens with one attached hydrogen (secondary N) is 2. The van der Waals surface area contributed by atoms with Crippen LogP contribution in [0.25, 0.3) is 10.6 Å². The molecule has 0 unspecified atom stereocenters. The van der Waals surface area contributed by atoms with Crippen molar-refractivity contribution in [1.29, 1.82) is 0 Å². The molecule has 7 heteroatoms. The van der Waals surface area contributed by atoms with Gasteiger partial charge in [0.2, 0.25) is 16.9 Å². The second kappa shape index (κ2) is 9.93. The lowest BCUT2D eigenvalue weighted by Crippen LogP contribution is -2.31. The van der Waals surface area contributed by atoms with Gasteiger partial charge in [0.25, 0.3) is 0 Å². The van der Waals surface area contributed by atoms with Gasteiger partial charge in [-0.2, -0.15) is 0 Å². The highest BCUT2D eigenvalue weighted by atomic mass is 32.1. The van der Waals surface area contributed by atoms with Crippen LogP contribution < -0.4 is 10.6 Å². The molecule has 0 aliphatic rings. The van der Waals surface area contributed by atoms with E-state index in [1.54, 1.807) is 0 Å². The van der Waals surface area contributed by atoms with Crippen LogP contribution in [-0.4, -0.2) is 28.6 Å². The van der Waals surface area contributed by atoms with E-state index in [9.17, 15) is 9.59 Å². The summed E-state index contributed by atoms with van der Waals surface area (Å²) in [4.78, 5) is 24.6. The standard InChI is InChI=1S/C22H24N4O2S/c1-3-18(16-9-5-4-6-10-16)20(28)23-13-12-19(27)24-22-26-25-21(29-22)17-11-7-8-15(2)14-17/h4-11,14,18H,3,12-13H2,1-2H3,(H,23,28)(H,24,26,27)/t18-/m0/s1. The third-order valence-electron chi connectivity index (χ3n) is 4.51. The zero-order chi connectivity index (χ0) is 20.6. The monoisotopic (exact) mass is 408 g/mol. The minimum absolute atomic E-state index is 0.0656. The van der Waals surface area contributed by atoms with Gasteiger partial charge in [0.1, 0.15) is 5.01 Å². The van der Waals surface area contributed by atoms with Crippen molar-refractivity contribution < 1.29 is 9.59 Å². The molecule has 29 heavy (non-hydrogen) atoms.